The molecule has 1 saturated heterocycles. The van der Waals surface area contributed by atoms with Crippen molar-refractivity contribution in [3.63, 3.8) is 0 Å². The summed E-state index contributed by atoms with van der Waals surface area (Å²) in [6.07, 6.45) is 3.89. The Hall–Kier alpha value is -0.820. The molecule has 1 fully saturated rings. The first kappa shape index (κ1) is 21.5. The predicted octanol–water partition coefficient (Wildman–Crippen LogP) is 6.63. The lowest BCUT2D eigenvalue weighted by molar-refractivity contribution is 0.123. The average molecular weight is 358 g/mol. The molecule has 0 N–H and O–H groups in total. The maximum absolute atomic E-state index is 2.71. The molecule has 1 aliphatic heterocycles. The van der Waals surface area contributed by atoms with Gasteiger partial charge in [0.15, 0.2) is 0 Å². The highest BCUT2D eigenvalue weighted by Crippen LogP contribution is 2.34. The van der Waals surface area contributed by atoms with Gasteiger partial charge in [-0.2, -0.15) is 0 Å². The highest BCUT2D eigenvalue weighted by atomic mass is 15.1. The second kappa shape index (κ2) is 9.93. The van der Waals surface area contributed by atoms with Gasteiger partial charge in [-0.1, -0.05) is 72.7 Å². The van der Waals surface area contributed by atoms with E-state index in [0.29, 0.717) is 11.8 Å². The number of hydrogen-bond donors (Lipinski definition) is 0. The van der Waals surface area contributed by atoms with E-state index in [2.05, 4.69) is 77.6 Å². The second-order valence-corrected chi connectivity index (χ2v) is 9.99. The fourth-order valence-electron chi connectivity index (χ4n) is 4.74. The summed E-state index contributed by atoms with van der Waals surface area (Å²) in [6, 6.07) is 9.28. The van der Waals surface area contributed by atoms with Crippen molar-refractivity contribution in [1.29, 1.82) is 0 Å². The van der Waals surface area contributed by atoms with Gasteiger partial charge >= 0.3 is 0 Å². The zero-order valence-electron chi connectivity index (χ0n) is 18.5. The molecule has 0 spiro atoms. The number of rotatable bonds is 8. The van der Waals surface area contributed by atoms with Crippen LogP contribution in [0.15, 0.2) is 24.3 Å². The van der Waals surface area contributed by atoms with Gasteiger partial charge in [-0.25, -0.2) is 0 Å². The minimum Gasteiger partial charge on any atom is -0.303 e. The molecule has 1 heterocycles. The number of likely N-dealkylation sites (tertiary alicyclic amines) is 1. The maximum atomic E-state index is 2.71. The molecule has 0 bridgehead atoms. The standard InChI is InChI=1S/C25H43N/c1-18(2)14-25(19(3)4)24-11-9-8-10-23(24)15-20(5)16-26-13-12-21(6)22(7)17-26/h8-11,18-22,25H,12-17H2,1-7H3. The van der Waals surface area contributed by atoms with Crippen LogP contribution in [0.3, 0.4) is 0 Å². The summed E-state index contributed by atoms with van der Waals surface area (Å²) in [7, 11) is 0. The third kappa shape index (κ3) is 6.12. The number of hydrogen-bond acceptors (Lipinski definition) is 1. The maximum Gasteiger partial charge on any atom is 0.00103 e. The Morgan fingerprint density at radius 1 is 1.00 bits per heavy atom. The van der Waals surface area contributed by atoms with Crippen LogP contribution in [0.2, 0.25) is 0 Å². The van der Waals surface area contributed by atoms with E-state index in [1.807, 2.05) is 0 Å². The van der Waals surface area contributed by atoms with Crippen molar-refractivity contribution in [2.75, 3.05) is 19.6 Å². The Morgan fingerprint density at radius 2 is 1.69 bits per heavy atom. The zero-order valence-corrected chi connectivity index (χ0v) is 18.5. The Kier molecular flexibility index (Phi) is 8.20. The van der Waals surface area contributed by atoms with Crippen LogP contribution in [0.1, 0.15) is 78.4 Å². The Bertz CT molecular complexity index is 533. The Labute approximate surface area is 163 Å². The van der Waals surface area contributed by atoms with Gasteiger partial charge in [0.05, 0.1) is 0 Å². The molecule has 1 aromatic carbocycles. The van der Waals surface area contributed by atoms with Crippen LogP contribution in [0, 0.1) is 29.6 Å². The summed E-state index contributed by atoms with van der Waals surface area (Å²) in [4.78, 5) is 2.71. The van der Waals surface area contributed by atoms with Gasteiger partial charge in [-0.05, 0) is 72.4 Å². The van der Waals surface area contributed by atoms with Crippen LogP contribution < -0.4 is 0 Å². The van der Waals surface area contributed by atoms with E-state index in [9.17, 15) is 0 Å². The van der Waals surface area contributed by atoms with Crippen molar-refractivity contribution in [3.8, 4) is 0 Å². The van der Waals surface area contributed by atoms with Crippen LogP contribution in [-0.4, -0.2) is 24.5 Å². The van der Waals surface area contributed by atoms with E-state index >= 15 is 0 Å². The second-order valence-electron chi connectivity index (χ2n) is 9.99. The summed E-state index contributed by atoms with van der Waals surface area (Å²) in [6.45, 7) is 20.6. The summed E-state index contributed by atoms with van der Waals surface area (Å²) < 4.78 is 0. The van der Waals surface area contributed by atoms with Crippen molar-refractivity contribution in [2.24, 2.45) is 29.6 Å². The highest BCUT2D eigenvalue weighted by Gasteiger charge is 2.25. The lowest BCUT2D eigenvalue weighted by atomic mass is 9.79. The predicted molar refractivity (Wildman–Crippen MR) is 116 cm³/mol. The molecule has 0 radical (unpaired) electrons. The molecule has 0 saturated carbocycles. The first-order valence-electron chi connectivity index (χ1n) is 11.1. The smallest absolute Gasteiger partial charge is 0.00103 e. The topological polar surface area (TPSA) is 3.24 Å². The van der Waals surface area contributed by atoms with Crippen LogP contribution in [-0.2, 0) is 6.42 Å². The van der Waals surface area contributed by atoms with Crippen LogP contribution >= 0.6 is 0 Å². The van der Waals surface area contributed by atoms with Crippen molar-refractivity contribution in [3.05, 3.63) is 35.4 Å². The quantitative estimate of drug-likeness (QED) is 0.505. The van der Waals surface area contributed by atoms with Gasteiger partial charge in [-0.15, -0.1) is 0 Å². The monoisotopic (exact) mass is 357 g/mol. The number of nitrogens with zero attached hydrogens (tertiary/aromatic N) is 1. The summed E-state index contributed by atoms with van der Waals surface area (Å²) >= 11 is 0. The molecule has 4 unspecified atom stereocenters. The minimum atomic E-state index is 0.689. The van der Waals surface area contributed by atoms with Crippen molar-refractivity contribution >= 4 is 0 Å². The highest BCUT2D eigenvalue weighted by molar-refractivity contribution is 5.31. The average Bonchev–Trinajstić information content (AvgIpc) is 2.56. The normalized spacial score (nSPS) is 24.2. The number of piperidine rings is 1. The summed E-state index contributed by atoms with van der Waals surface area (Å²) in [5, 5.41) is 0. The first-order chi connectivity index (χ1) is 12.3. The molecular formula is C25H43N. The SMILES string of the molecule is CC(C)CC(c1ccccc1CC(C)CN1CCC(C)C(C)C1)C(C)C. The third-order valence-corrected chi connectivity index (χ3v) is 6.54. The fourth-order valence-corrected chi connectivity index (χ4v) is 4.74. The summed E-state index contributed by atoms with van der Waals surface area (Å²) in [5.74, 6) is 4.62. The molecule has 1 aromatic rings. The van der Waals surface area contributed by atoms with E-state index in [1.165, 1.54) is 38.9 Å². The summed E-state index contributed by atoms with van der Waals surface area (Å²) in [5.41, 5.74) is 3.21. The molecular weight excluding hydrogens is 314 g/mol. The van der Waals surface area contributed by atoms with E-state index in [-0.39, 0.29) is 0 Å². The van der Waals surface area contributed by atoms with Crippen molar-refractivity contribution < 1.29 is 0 Å². The molecule has 1 heteroatoms. The van der Waals surface area contributed by atoms with E-state index in [4.69, 9.17) is 0 Å². The minimum absolute atomic E-state index is 0.689. The Balaban J connectivity index is 2.04. The van der Waals surface area contributed by atoms with E-state index in [1.54, 1.807) is 11.1 Å². The third-order valence-electron chi connectivity index (χ3n) is 6.54. The van der Waals surface area contributed by atoms with Gasteiger partial charge < -0.3 is 4.90 Å². The van der Waals surface area contributed by atoms with Gasteiger partial charge in [0.25, 0.3) is 0 Å². The van der Waals surface area contributed by atoms with Crippen LogP contribution in [0.4, 0.5) is 0 Å². The van der Waals surface area contributed by atoms with E-state index < -0.39 is 0 Å². The molecule has 1 aliphatic rings. The lowest BCUT2D eigenvalue weighted by Gasteiger charge is -2.36. The lowest BCUT2D eigenvalue weighted by Crippen LogP contribution is -2.40. The zero-order chi connectivity index (χ0) is 19.3. The molecule has 0 amide bonds. The Morgan fingerprint density at radius 3 is 2.31 bits per heavy atom. The molecule has 4 atom stereocenters. The van der Waals surface area contributed by atoms with Gasteiger partial charge in [0, 0.05) is 13.1 Å². The van der Waals surface area contributed by atoms with Gasteiger partial charge in [0.1, 0.15) is 0 Å². The van der Waals surface area contributed by atoms with Crippen molar-refractivity contribution in [2.45, 2.75) is 73.6 Å². The van der Waals surface area contributed by atoms with Crippen molar-refractivity contribution in [1.82, 2.24) is 4.90 Å². The van der Waals surface area contributed by atoms with Gasteiger partial charge in [-0.3, -0.25) is 0 Å². The molecule has 2 rings (SSSR count). The molecule has 26 heavy (non-hydrogen) atoms. The molecule has 0 aliphatic carbocycles. The fraction of sp³-hybridized carbons (Fsp3) is 0.760. The van der Waals surface area contributed by atoms with Crippen LogP contribution in [0.5, 0.6) is 0 Å². The largest absolute Gasteiger partial charge is 0.303 e. The molecule has 0 aromatic heterocycles. The van der Waals surface area contributed by atoms with Crippen LogP contribution in [0.25, 0.3) is 0 Å². The number of benzene rings is 1. The van der Waals surface area contributed by atoms with Gasteiger partial charge in [0.2, 0.25) is 0 Å². The van der Waals surface area contributed by atoms with E-state index in [0.717, 1.165) is 23.7 Å². The first-order valence-corrected chi connectivity index (χ1v) is 11.1. The molecule has 1 nitrogen and oxygen atoms in total. The molecule has 148 valence electrons.